The predicted octanol–water partition coefficient (Wildman–Crippen LogP) is 2.59. The second kappa shape index (κ2) is 7.72. The summed E-state index contributed by atoms with van der Waals surface area (Å²) >= 11 is 0. The van der Waals surface area contributed by atoms with Gasteiger partial charge in [0.2, 0.25) is 0 Å². The third-order valence-electron chi connectivity index (χ3n) is 4.38. The molecule has 0 amide bonds. The Morgan fingerprint density at radius 2 is 2.10 bits per heavy atom. The van der Waals surface area contributed by atoms with E-state index in [-0.39, 0.29) is 11.6 Å². The first kappa shape index (κ1) is 15.4. The predicted molar refractivity (Wildman–Crippen MR) is 81.1 cm³/mol. The Labute approximate surface area is 122 Å². The van der Waals surface area contributed by atoms with Crippen LogP contribution < -0.4 is 11.3 Å². The zero-order chi connectivity index (χ0) is 14.3. The van der Waals surface area contributed by atoms with Crippen molar-refractivity contribution >= 4 is 0 Å². The molecule has 0 saturated heterocycles. The van der Waals surface area contributed by atoms with Crippen molar-refractivity contribution in [2.24, 2.45) is 5.84 Å². The molecule has 1 fully saturated rings. The quantitative estimate of drug-likeness (QED) is 0.477. The van der Waals surface area contributed by atoms with Gasteiger partial charge in [0.15, 0.2) is 0 Å². The van der Waals surface area contributed by atoms with Gasteiger partial charge in [-0.3, -0.25) is 16.3 Å². The SMILES string of the molecule is CCOC1(C(Cc2cccnc2)NN)CCCCCC1. The van der Waals surface area contributed by atoms with Gasteiger partial charge in [0.25, 0.3) is 0 Å². The van der Waals surface area contributed by atoms with Gasteiger partial charge < -0.3 is 4.74 Å². The van der Waals surface area contributed by atoms with E-state index in [1.165, 1.54) is 31.2 Å². The summed E-state index contributed by atoms with van der Waals surface area (Å²) in [5.41, 5.74) is 4.10. The highest BCUT2D eigenvalue weighted by atomic mass is 16.5. The number of hydrazine groups is 1. The highest BCUT2D eigenvalue weighted by Crippen LogP contribution is 2.34. The average Bonchev–Trinajstić information content (AvgIpc) is 2.73. The Morgan fingerprint density at radius 1 is 1.35 bits per heavy atom. The summed E-state index contributed by atoms with van der Waals surface area (Å²) in [5, 5.41) is 0. The molecule has 1 saturated carbocycles. The number of aromatic nitrogens is 1. The largest absolute Gasteiger partial charge is 0.374 e. The second-order valence-corrected chi connectivity index (χ2v) is 5.70. The van der Waals surface area contributed by atoms with Crippen LogP contribution in [0.15, 0.2) is 24.5 Å². The number of hydrogen-bond acceptors (Lipinski definition) is 4. The fraction of sp³-hybridized carbons (Fsp3) is 0.688. The van der Waals surface area contributed by atoms with E-state index in [9.17, 15) is 0 Å². The fourth-order valence-electron chi connectivity index (χ4n) is 3.36. The standard InChI is InChI=1S/C16H27N3O/c1-2-20-16(9-5-3-4-6-10-16)15(19-17)12-14-8-7-11-18-13-14/h7-8,11,13,15,19H,2-6,9-10,12,17H2,1H3. The molecule has 1 heterocycles. The third-order valence-corrected chi connectivity index (χ3v) is 4.38. The van der Waals surface area contributed by atoms with Crippen LogP contribution >= 0.6 is 0 Å². The molecule has 112 valence electrons. The van der Waals surface area contributed by atoms with Crippen LogP contribution in [0.2, 0.25) is 0 Å². The van der Waals surface area contributed by atoms with Gasteiger partial charge in [-0.2, -0.15) is 0 Å². The zero-order valence-electron chi connectivity index (χ0n) is 12.5. The molecular weight excluding hydrogens is 250 g/mol. The molecule has 1 aliphatic carbocycles. The molecule has 20 heavy (non-hydrogen) atoms. The molecule has 1 unspecified atom stereocenters. The number of nitrogens with one attached hydrogen (secondary N) is 1. The molecule has 1 aliphatic rings. The monoisotopic (exact) mass is 277 g/mol. The van der Waals surface area contributed by atoms with Gasteiger partial charge in [0.05, 0.1) is 11.6 Å². The van der Waals surface area contributed by atoms with Gasteiger partial charge in [-0.15, -0.1) is 0 Å². The lowest BCUT2D eigenvalue weighted by Gasteiger charge is -2.40. The summed E-state index contributed by atoms with van der Waals surface area (Å²) in [6, 6.07) is 4.22. The minimum atomic E-state index is -0.129. The smallest absolute Gasteiger partial charge is 0.0851 e. The van der Waals surface area contributed by atoms with Crippen molar-refractivity contribution in [2.75, 3.05) is 6.61 Å². The molecule has 4 heteroatoms. The van der Waals surface area contributed by atoms with Gasteiger partial charge in [-0.1, -0.05) is 31.7 Å². The minimum Gasteiger partial charge on any atom is -0.374 e. The maximum Gasteiger partial charge on any atom is 0.0851 e. The van der Waals surface area contributed by atoms with E-state index >= 15 is 0 Å². The summed E-state index contributed by atoms with van der Waals surface area (Å²) < 4.78 is 6.21. The Morgan fingerprint density at radius 3 is 2.65 bits per heavy atom. The zero-order valence-corrected chi connectivity index (χ0v) is 12.5. The molecule has 4 nitrogen and oxygen atoms in total. The van der Waals surface area contributed by atoms with Gasteiger partial charge >= 0.3 is 0 Å². The molecule has 3 N–H and O–H groups in total. The number of nitrogens with two attached hydrogens (primary N) is 1. The van der Waals surface area contributed by atoms with E-state index in [0.29, 0.717) is 0 Å². The summed E-state index contributed by atoms with van der Waals surface area (Å²) in [6.07, 6.45) is 11.8. The maximum atomic E-state index is 6.21. The van der Waals surface area contributed by atoms with E-state index in [4.69, 9.17) is 10.6 Å². The van der Waals surface area contributed by atoms with Crippen LogP contribution in [0.5, 0.6) is 0 Å². The molecule has 0 radical (unpaired) electrons. The second-order valence-electron chi connectivity index (χ2n) is 5.70. The summed E-state index contributed by atoms with van der Waals surface area (Å²) in [4.78, 5) is 4.19. The van der Waals surface area contributed by atoms with Gasteiger partial charge in [-0.05, 0) is 37.8 Å². The molecule has 2 rings (SSSR count). The van der Waals surface area contributed by atoms with Crippen molar-refractivity contribution in [1.82, 2.24) is 10.4 Å². The molecule has 1 aromatic rings. The number of pyridine rings is 1. The van der Waals surface area contributed by atoms with Gasteiger partial charge in [0, 0.05) is 19.0 Å². The van der Waals surface area contributed by atoms with Crippen molar-refractivity contribution in [2.45, 2.75) is 63.5 Å². The van der Waals surface area contributed by atoms with E-state index in [2.05, 4.69) is 23.4 Å². The van der Waals surface area contributed by atoms with Crippen molar-refractivity contribution in [3.63, 3.8) is 0 Å². The Hall–Kier alpha value is -0.970. The Balaban J connectivity index is 2.15. The van der Waals surface area contributed by atoms with E-state index in [0.717, 1.165) is 25.9 Å². The molecule has 0 spiro atoms. The van der Waals surface area contributed by atoms with Crippen LogP contribution in [-0.4, -0.2) is 23.2 Å². The van der Waals surface area contributed by atoms with E-state index in [1.807, 2.05) is 12.3 Å². The summed E-state index contributed by atoms with van der Waals surface area (Å²) in [7, 11) is 0. The number of hydrogen-bond donors (Lipinski definition) is 2. The van der Waals surface area contributed by atoms with Crippen LogP contribution in [0.25, 0.3) is 0 Å². The normalized spacial score (nSPS) is 20.3. The third kappa shape index (κ3) is 3.78. The Kier molecular flexibility index (Phi) is 5.95. The molecule has 0 aliphatic heterocycles. The average molecular weight is 277 g/mol. The lowest BCUT2D eigenvalue weighted by molar-refractivity contribution is -0.0768. The first-order valence-corrected chi connectivity index (χ1v) is 7.80. The molecule has 1 aromatic heterocycles. The first-order valence-electron chi connectivity index (χ1n) is 7.80. The lowest BCUT2D eigenvalue weighted by atomic mass is 9.83. The summed E-state index contributed by atoms with van der Waals surface area (Å²) in [6.45, 7) is 2.81. The minimum absolute atomic E-state index is 0.129. The van der Waals surface area contributed by atoms with Crippen molar-refractivity contribution < 1.29 is 4.74 Å². The summed E-state index contributed by atoms with van der Waals surface area (Å²) in [5.74, 6) is 5.87. The van der Waals surface area contributed by atoms with Crippen molar-refractivity contribution in [3.8, 4) is 0 Å². The first-order chi connectivity index (χ1) is 9.80. The van der Waals surface area contributed by atoms with Crippen LogP contribution in [-0.2, 0) is 11.2 Å². The molecule has 1 atom stereocenters. The van der Waals surface area contributed by atoms with Crippen LogP contribution in [0.1, 0.15) is 51.0 Å². The van der Waals surface area contributed by atoms with Crippen LogP contribution in [0.3, 0.4) is 0 Å². The maximum absolute atomic E-state index is 6.21. The van der Waals surface area contributed by atoms with Crippen molar-refractivity contribution in [3.05, 3.63) is 30.1 Å². The van der Waals surface area contributed by atoms with E-state index < -0.39 is 0 Å². The van der Waals surface area contributed by atoms with Crippen LogP contribution in [0.4, 0.5) is 0 Å². The number of nitrogens with zero attached hydrogens (tertiary/aromatic N) is 1. The van der Waals surface area contributed by atoms with Crippen molar-refractivity contribution in [1.29, 1.82) is 0 Å². The fourth-order valence-corrected chi connectivity index (χ4v) is 3.36. The number of rotatable bonds is 6. The van der Waals surface area contributed by atoms with Gasteiger partial charge in [0.1, 0.15) is 0 Å². The molecule has 0 aromatic carbocycles. The topological polar surface area (TPSA) is 60.2 Å². The number of ether oxygens (including phenoxy) is 1. The lowest BCUT2D eigenvalue weighted by Crippen LogP contribution is -2.56. The Bertz CT molecular complexity index is 375. The van der Waals surface area contributed by atoms with E-state index in [1.54, 1.807) is 6.20 Å². The molecular formula is C16H27N3O. The highest BCUT2D eigenvalue weighted by molar-refractivity contribution is 5.12. The highest BCUT2D eigenvalue weighted by Gasteiger charge is 2.39. The van der Waals surface area contributed by atoms with Crippen LogP contribution in [0, 0.1) is 0 Å². The molecule has 0 bridgehead atoms. The van der Waals surface area contributed by atoms with Gasteiger partial charge in [-0.25, -0.2) is 0 Å².